The first-order chi connectivity index (χ1) is 15.1. The Labute approximate surface area is 191 Å². The second-order valence-electron chi connectivity index (χ2n) is 7.19. The molecular formula is C21H23ClN2O7S. The standard InChI is InChI=1S/C21H23ClN2O7S/c1-13(20(25)23-15-6-4-7-16(12-15)32(27,28)24(2)3)31-21(26)14-10-17(22)19-18(11-14)29-8-5-9-30-19/h4,6-7,10-13H,5,8-9H2,1-3H3,(H,23,25). The topological polar surface area (TPSA) is 111 Å². The van der Waals surface area contributed by atoms with Gasteiger partial charge in [0.05, 0.1) is 28.7 Å². The highest BCUT2D eigenvalue weighted by Gasteiger charge is 2.24. The molecule has 0 aromatic heterocycles. The number of fused-ring (bicyclic) bond motifs is 1. The Morgan fingerprint density at radius 1 is 1.16 bits per heavy atom. The summed E-state index contributed by atoms with van der Waals surface area (Å²) in [6.07, 6.45) is -0.481. The lowest BCUT2D eigenvalue weighted by Gasteiger charge is -2.16. The largest absolute Gasteiger partial charge is 0.489 e. The lowest BCUT2D eigenvalue weighted by molar-refractivity contribution is -0.123. The van der Waals surface area contributed by atoms with E-state index in [1.54, 1.807) is 0 Å². The molecular weight excluding hydrogens is 460 g/mol. The predicted octanol–water partition coefficient (Wildman–Crippen LogP) is 2.94. The van der Waals surface area contributed by atoms with Crippen molar-refractivity contribution in [2.45, 2.75) is 24.3 Å². The van der Waals surface area contributed by atoms with Crippen molar-refractivity contribution in [1.82, 2.24) is 4.31 Å². The van der Waals surface area contributed by atoms with Crippen molar-refractivity contribution in [1.29, 1.82) is 0 Å². The highest BCUT2D eigenvalue weighted by molar-refractivity contribution is 7.89. The van der Waals surface area contributed by atoms with Gasteiger partial charge in [-0.25, -0.2) is 17.5 Å². The molecule has 1 amide bonds. The first kappa shape index (κ1) is 23.8. The Hall–Kier alpha value is -2.82. The van der Waals surface area contributed by atoms with Crippen LogP contribution < -0.4 is 14.8 Å². The van der Waals surface area contributed by atoms with E-state index >= 15 is 0 Å². The number of amides is 1. The molecule has 3 rings (SSSR count). The minimum atomic E-state index is -3.66. The van der Waals surface area contributed by atoms with E-state index in [0.717, 1.165) is 4.31 Å². The normalized spacial score (nSPS) is 14.4. The zero-order valence-corrected chi connectivity index (χ0v) is 19.3. The molecule has 1 atom stereocenters. The molecule has 0 saturated heterocycles. The lowest BCUT2D eigenvalue weighted by atomic mass is 10.2. The van der Waals surface area contributed by atoms with Crippen LogP contribution in [0.1, 0.15) is 23.7 Å². The number of anilines is 1. The molecule has 2 aromatic carbocycles. The maximum atomic E-state index is 12.6. The van der Waals surface area contributed by atoms with E-state index in [0.29, 0.717) is 31.1 Å². The number of esters is 1. The van der Waals surface area contributed by atoms with Crippen LogP contribution in [0, 0.1) is 0 Å². The van der Waals surface area contributed by atoms with Crippen molar-refractivity contribution in [2.24, 2.45) is 0 Å². The summed E-state index contributed by atoms with van der Waals surface area (Å²) in [5.74, 6) is -0.704. The quantitative estimate of drug-likeness (QED) is 0.630. The maximum absolute atomic E-state index is 12.6. The van der Waals surface area contributed by atoms with E-state index in [-0.39, 0.29) is 21.2 Å². The van der Waals surface area contributed by atoms with Crippen molar-refractivity contribution >= 4 is 39.2 Å². The number of halogens is 1. The summed E-state index contributed by atoms with van der Waals surface area (Å²) in [6.45, 7) is 2.27. The van der Waals surface area contributed by atoms with E-state index in [1.165, 1.54) is 57.4 Å². The molecule has 0 fully saturated rings. The number of hydrogen-bond donors (Lipinski definition) is 1. The van der Waals surface area contributed by atoms with Gasteiger partial charge in [-0.3, -0.25) is 4.79 Å². The van der Waals surface area contributed by atoms with Crippen LogP contribution in [-0.2, 0) is 19.6 Å². The van der Waals surface area contributed by atoms with E-state index in [2.05, 4.69) is 5.32 Å². The number of sulfonamides is 1. The number of nitrogens with zero attached hydrogens (tertiary/aromatic N) is 1. The molecule has 0 radical (unpaired) electrons. The third kappa shape index (κ3) is 5.32. The minimum Gasteiger partial charge on any atom is -0.489 e. The monoisotopic (exact) mass is 482 g/mol. The predicted molar refractivity (Wildman–Crippen MR) is 118 cm³/mol. The van der Waals surface area contributed by atoms with Crippen LogP contribution in [0.5, 0.6) is 11.5 Å². The summed E-state index contributed by atoms with van der Waals surface area (Å²) < 4.78 is 41.9. The summed E-state index contributed by atoms with van der Waals surface area (Å²) in [5, 5.41) is 2.75. The van der Waals surface area contributed by atoms with Gasteiger partial charge in [0.25, 0.3) is 5.91 Å². The van der Waals surface area contributed by atoms with Crippen molar-refractivity contribution in [2.75, 3.05) is 32.6 Å². The van der Waals surface area contributed by atoms with Crippen molar-refractivity contribution in [3.63, 3.8) is 0 Å². The smallest absolute Gasteiger partial charge is 0.339 e. The Morgan fingerprint density at radius 2 is 1.88 bits per heavy atom. The summed E-state index contributed by atoms with van der Waals surface area (Å²) >= 11 is 6.20. The first-order valence-corrected chi connectivity index (χ1v) is 11.5. The number of rotatable bonds is 6. The van der Waals surface area contributed by atoms with Gasteiger partial charge in [-0.05, 0) is 37.3 Å². The molecule has 11 heteroatoms. The number of carbonyl (C=O) groups excluding carboxylic acids is 2. The summed E-state index contributed by atoms with van der Waals surface area (Å²) in [7, 11) is -0.841. The molecule has 1 aliphatic heterocycles. The van der Waals surface area contributed by atoms with Crippen LogP contribution in [0.25, 0.3) is 0 Å². The molecule has 0 spiro atoms. The van der Waals surface area contributed by atoms with Gasteiger partial charge in [-0.15, -0.1) is 0 Å². The second kappa shape index (κ2) is 9.76. The number of ether oxygens (including phenoxy) is 3. The Bertz CT molecular complexity index is 1130. The molecule has 1 unspecified atom stereocenters. The van der Waals surface area contributed by atoms with Gasteiger partial charge in [0.2, 0.25) is 10.0 Å². The van der Waals surface area contributed by atoms with Crippen molar-refractivity contribution in [3.8, 4) is 11.5 Å². The number of carbonyl (C=O) groups is 2. The fourth-order valence-corrected chi connectivity index (χ4v) is 4.03. The average molecular weight is 483 g/mol. The highest BCUT2D eigenvalue weighted by Crippen LogP contribution is 2.38. The van der Waals surface area contributed by atoms with Gasteiger partial charge in [-0.2, -0.15) is 0 Å². The summed E-state index contributed by atoms with van der Waals surface area (Å²) in [4.78, 5) is 25.1. The molecule has 172 valence electrons. The Balaban J connectivity index is 1.69. The van der Waals surface area contributed by atoms with E-state index in [9.17, 15) is 18.0 Å². The van der Waals surface area contributed by atoms with Gasteiger partial charge >= 0.3 is 5.97 Å². The fraction of sp³-hybridized carbons (Fsp3) is 0.333. The third-order valence-electron chi connectivity index (χ3n) is 4.57. The average Bonchev–Trinajstić information content (AvgIpc) is 2.99. The third-order valence-corrected chi connectivity index (χ3v) is 6.66. The number of nitrogens with one attached hydrogen (secondary N) is 1. The molecule has 2 aromatic rings. The molecule has 9 nitrogen and oxygen atoms in total. The van der Waals surface area contributed by atoms with Crippen LogP contribution in [0.2, 0.25) is 5.02 Å². The Morgan fingerprint density at radius 3 is 2.59 bits per heavy atom. The van der Waals surface area contributed by atoms with Gasteiger partial charge in [0, 0.05) is 26.2 Å². The second-order valence-corrected chi connectivity index (χ2v) is 9.75. The Kier molecular flexibility index (Phi) is 7.27. The van der Waals surface area contributed by atoms with Crippen molar-refractivity contribution in [3.05, 3.63) is 47.0 Å². The number of benzene rings is 2. The molecule has 0 aliphatic carbocycles. The summed E-state index contributed by atoms with van der Waals surface area (Å²) in [5.41, 5.74) is 0.359. The van der Waals surface area contributed by atoms with Crippen LogP contribution in [0.3, 0.4) is 0 Å². The van der Waals surface area contributed by atoms with Crippen LogP contribution in [-0.4, -0.2) is 58.0 Å². The molecule has 0 bridgehead atoms. The zero-order valence-electron chi connectivity index (χ0n) is 17.8. The zero-order chi connectivity index (χ0) is 23.5. The highest BCUT2D eigenvalue weighted by atomic mass is 35.5. The molecule has 1 N–H and O–H groups in total. The number of hydrogen-bond acceptors (Lipinski definition) is 7. The molecule has 0 saturated carbocycles. The van der Waals surface area contributed by atoms with Crippen LogP contribution in [0.15, 0.2) is 41.3 Å². The van der Waals surface area contributed by atoms with Gasteiger partial charge in [-0.1, -0.05) is 17.7 Å². The molecule has 1 heterocycles. The summed E-state index contributed by atoms with van der Waals surface area (Å²) in [6, 6.07) is 8.62. The SMILES string of the molecule is CC(OC(=O)c1cc(Cl)c2c(c1)OCCCO2)C(=O)Nc1cccc(S(=O)(=O)N(C)C)c1. The van der Waals surface area contributed by atoms with Crippen molar-refractivity contribution < 1.29 is 32.2 Å². The fourth-order valence-electron chi connectivity index (χ4n) is 2.82. The van der Waals surface area contributed by atoms with Gasteiger partial charge in [0.1, 0.15) is 0 Å². The van der Waals surface area contributed by atoms with E-state index < -0.39 is 28.0 Å². The van der Waals surface area contributed by atoms with E-state index in [1.807, 2.05) is 0 Å². The van der Waals surface area contributed by atoms with Gasteiger partial charge < -0.3 is 19.5 Å². The lowest BCUT2D eigenvalue weighted by Crippen LogP contribution is -2.30. The molecule has 1 aliphatic rings. The van der Waals surface area contributed by atoms with Crippen LogP contribution >= 0.6 is 11.6 Å². The van der Waals surface area contributed by atoms with E-state index in [4.69, 9.17) is 25.8 Å². The first-order valence-electron chi connectivity index (χ1n) is 9.73. The maximum Gasteiger partial charge on any atom is 0.339 e. The van der Waals surface area contributed by atoms with Gasteiger partial charge in [0.15, 0.2) is 17.6 Å². The molecule has 32 heavy (non-hydrogen) atoms. The minimum absolute atomic E-state index is 0.0202. The van der Waals surface area contributed by atoms with Crippen LogP contribution in [0.4, 0.5) is 5.69 Å².